The number of hydrogen-bond donors (Lipinski definition) is 1. The van der Waals surface area contributed by atoms with Crippen molar-refractivity contribution in [2.45, 2.75) is 6.04 Å². The molecule has 0 radical (unpaired) electrons. The number of ether oxygens (including phenoxy) is 1. The molecule has 2 rings (SSSR count). The molecule has 0 spiro atoms. The highest BCUT2D eigenvalue weighted by Gasteiger charge is 2.13. The Morgan fingerprint density at radius 3 is 2.47 bits per heavy atom. The van der Waals surface area contributed by atoms with Crippen LogP contribution in [0.4, 0.5) is 0 Å². The second-order valence-corrected chi connectivity index (χ2v) is 5.46. The molecule has 19 heavy (non-hydrogen) atoms. The molecule has 0 aliphatic rings. The lowest BCUT2D eigenvalue weighted by molar-refractivity contribution is 0.412. The molecule has 0 saturated heterocycles. The van der Waals surface area contributed by atoms with Gasteiger partial charge in [-0.15, -0.1) is 0 Å². The number of hydrogen-bond acceptors (Lipinski definition) is 2. The number of benzene rings is 2. The van der Waals surface area contributed by atoms with Crippen LogP contribution in [0, 0.1) is 0 Å². The van der Waals surface area contributed by atoms with Crippen molar-refractivity contribution >= 4 is 27.5 Å². The summed E-state index contributed by atoms with van der Waals surface area (Å²) in [6.07, 6.45) is 0. The Balaban J connectivity index is 2.39. The Labute approximate surface area is 126 Å². The number of rotatable bonds is 4. The fourth-order valence-corrected chi connectivity index (χ4v) is 2.83. The zero-order valence-corrected chi connectivity index (χ0v) is 13.1. The van der Waals surface area contributed by atoms with E-state index in [0.29, 0.717) is 0 Å². The van der Waals surface area contributed by atoms with Gasteiger partial charge in [-0.1, -0.05) is 29.8 Å². The Morgan fingerprint density at radius 1 is 1.16 bits per heavy atom. The summed E-state index contributed by atoms with van der Waals surface area (Å²) in [5.41, 5.74) is 2.28. The van der Waals surface area contributed by atoms with Gasteiger partial charge in [-0.05, 0) is 58.4 Å². The van der Waals surface area contributed by atoms with Gasteiger partial charge in [-0.3, -0.25) is 0 Å². The molecule has 100 valence electrons. The first-order valence-corrected chi connectivity index (χ1v) is 7.09. The second kappa shape index (κ2) is 6.42. The molecular weight excluding hydrogens is 326 g/mol. The molecule has 0 fully saturated rings. The summed E-state index contributed by atoms with van der Waals surface area (Å²) in [5, 5.41) is 4.05. The van der Waals surface area contributed by atoms with Crippen molar-refractivity contribution in [2.75, 3.05) is 14.2 Å². The van der Waals surface area contributed by atoms with Crippen LogP contribution in [0.2, 0.25) is 5.02 Å². The SMILES string of the molecule is CNC(c1cccc(Cl)c1)c1ccc(OC)c(Br)c1. The minimum Gasteiger partial charge on any atom is -0.496 e. The van der Waals surface area contributed by atoms with Gasteiger partial charge in [0.25, 0.3) is 0 Å². The van der Waals surface area contributed by atoms with E-state index in [1.165, 1.54) is 0 Å². The van der Waals surface area contributed by atoms with Crippen molar-refractivity contribution in [1.29, 1.82) is 0 Å². The van der Waals surface area contributed by atoms with Gasteiger partial charge in [-0.2, -0.15) is 0 Å². The van der Waals surface area contributed by atoms with E-state index < -0.39 is 0 Å². The van der Waals surface area contributed by atoms with Crippen LogP contribution in [0.5, 0.6) is 5.75 Å². The van der Waals surface area contributed by atoms with Gasteiger partial charge in [0.2, 0.25) is 0 Å². The lowest BCUT2D eigenvalue weighted by Gasteiger charge is -2.18. The Morgan fingerprint density at radius 2 is 1.89 bits per heavy atom. The van der Waals surface area contributed by atoms with Crippen LogP contribution in [0.3, 0.4) is 0 Å². The first-order valence-electron chi connectivity index (χ1n) is 5.92. The van der Waals surface area contributed by atoms with Crippen LogP contribution in [-0.4, -0.2) is 14.2 Å². The van der Waals surface area contributed by atoms with E-state index in [2.05, 4.69) is 33.4 Å². The lowest BCUT2D eigenvalue weighted by atomic mass is 9.99. The summed E-state index contributed by atoms with van der Waals surface area (Å²) >= 11 is 9.57. The maximum absolute atomic E-state index is 6.06. The molecule has 0 heterocycles. The second-order valence-electron chi connectivity index (χ2n) is 4.17. The number of nitrogens with one attached hydrogen (secondary N) is 1. The smallest absolute Gasteiger partial charge is 0.133 e. The van der Waals surface area contributed by atoms with Crippen molar-refractivity contribution in [3.63, 3.8) is 0 Å². The first-order chi connectivity index (χ1) is 9.15. The average molecular weight is 341 g/mol. The Hall–Kier alpha value is -1.03. The lowest BCUT2D eigenvalue weighted by Crippen LogP contribution is -2.17. The standard InChI is InChI=1S/C15H15BrClNO/c1-18-15(10-4-3-5-12(17)8-10)11-6-7-14(19-2)13(16)9-11/h3-9,15,18H,1-2H3. The van der Waals surface area contributed by atoms with Crippen molar-refractivity contribution in [3.8, 4) is 5.75 Å². The molecular formula is C15H15BrClNO. The van der Waals surface area contributed by atoms with E-state index in [0.717, 1.165) is 26.4 Å². The quantitative estimate of drug-likeness (QED) is 0.889. The molecule has 2 aromatic carbocycles. The average Bonchev–Trinajstić information content (AvgIpc) is 2.40. The van der Waals surface area contributed by atoms with Gasteiger partial charge in [-0.25, -0.2) is 0 Å². The predicted molar refractivity (Wildman–Crippen MR) is 83.0 cm³/mol. The Bertz CT molecular complexity index is 574. The number of methoxy groups -OCH3 is 1. The highest BCUT2D eigenvalue weighted by molar-refractivity contribution is 9.10. The fourth-order valence-electron chi connectivity index (χ4n) is 2.07. The summed E-state index contributed by atoms with van der Waals surface area (Å²) in [5.74, 6) is 0.824. The molecule has 0 aliphatic carbocycles. The summed E-state index contributed by atoms with van der Waals surface area (Å²) < 4.78 is 6.19. The molecule has 0 amide bonds. The van der Waals surface area contributed by atoms with Crippen LogP contribution in [0.15, 0.2) is 46.9 Å². The molecule has 1 atom stereocenters. The van der Waals surface area contributed by atoms with Gasteiger partial charge in [0.15, 0.2) is 0 Å². The minimum atomic E-state index is 0.0981. The molecule has 0 aliphatic heterocycles. The van der Waals surface area contributed by atoms with Crippen LogP contribution < -0.4 is 10.1 Å². The van der Waals surface area contributed by atoms with Crippen molar-refractivity contribution in [1.82, 2.24) is 5.32 Å². The Kier molecular flexibility index (Phi) is 4.86. The minimum absolute atomic E-state index is 0.0981. The summed E-state index contributed by atoms with van der Waals surface area (Å²) in [4.78, 5) is 0. The van der Waals surface area contributed by atoms with E-state index in [1.807, 2.05) is 37.4 Å². The molecule has 0 aromatic heterocycles. The van der Waals surface area contributed by atoms with Crippen molar-refractivity contribution in [3.05, 3.63) is 63.1 Å². The summed E-state index contributed by atoms with van der Waals surface area (Å²) in [6, 6.07) is 14.0. The van der Waals surface area contributed by atoms with Crippen LogP contribution in [0.1, 0.15) is 17.2 Å². The van der Waals surface area contributed by atoms with Crippen molar-refractivity contribution < 1.29 is 4.74 Å². The zero-order valence-electron chi connectivity index (χ0n) is 10.8. The molecule has 0 saturated carbocycles. The normalized spacial score (nSPS) is 12.2. The van der Waals surface area contributed by atoms with Crippen LogP contribution in [-0.2, 0) is 0 Å². The highest BCUT2D eigenvalue weighted by Crippen LogP contribution is 2.31. The van der Waals surface area contributed by atoms with Crippen LogP contribution in [0.25, 0.3) is 0 Å². The number of halogens is 2. The molecule has 1 N–H and O–H groups in total. The molecule has 2 aromatic rings. The summed E-state index contributed by atoms with van der Waals surface area (Å²) in [6.45, 7) is 0. The van der Waals surface area contributed by atoms with E-state index in [9.17, 15) is 0 Å². The van der Waals surface area contributed by atoms with Gasteiger partial charge < -0.3 is 10.1 Å². The topological polar surface area (TPSA) is 21.3 Å². The fraction of sp³-hybridized carbons (Fsp3) is 0.200. The van der Waals surface area contributed by atoms with E-state index >= 15 is 0 Å². The van der Waals surface area contributed by atoms with Crippen molar-refractivity contribution in [2.24, 2.45) is 0 Å². The van der Waals surface area contributed by atoms with Gasteiger partial charge in [0.05, 0.1) is 17.6 Å². The third-order valence-corrected chi connectivity index (χ3v) is 3.83. The molecule has 1 unspecified atom stereocenters. The van der Waals surface area contributed by atoms with Gasteiger partial charge in [0.1, 0.15) is 5.75 Å². The molecule has 0 bridgehead atoms. The molecule has 4 heteroatoms. The van der Waals surface area contributed by atoms with E-state index in [4.69, 9.17) is 16.3 Å². The third-order valence-electron chi connectivity index (χ3n) is 2.98. The maximum Gasteiger partial charge on any atom is 0.133 e. The van der Waals surface area contributed by atoms with E-state index in [-0.39, 0.29) is 6.04 Å². The van der Waals surface area contributed by atoms with Gasteiger partial charge in [0, 0.05) is 5.02 Å². The molecule has 2 nitrogen and oxygen atoms in total. The van der Waals surface area contributed by atoms with Gasteiger partial charge >= 0.3 is 0 Å². The zero-order chi connectivity index (χ0) is 13.8. The first kappa shape index (κ1) is 14.4. The maximum atomic E-state index is 6.06. The van der Waals surface area contributed by atoms with Crippen LogP contribution >= 0.6 is 27.5 Å². The summed E-state index contributed by atoms with van der Waals surface area (Å²) in [7, 11) is 3.59. The third kappa shape index (κ3) is 3.30. The largest absolute Gasteiger partial charge is 0.496 e. The predicted octanol–water partition coefficient (Wildman–Crippen LogP) is 4.42. The highest BCUT2D eigenvalue weighted by atomic mass is 79.9. The van der Waals surface area contributed by atoms with E-state index in [1.54, 1.807) is 7.11 Å². The monoisotopic (exact) mass is 339 g/mol.